The molecule has 0 radical (unpaired) electrons. The van der Waals surface area contributed by atoms with Gasteiger partial charge in [-0.1, -0.05) is 24.3 Å². The molecule has 3 aromatic rings. The van der Waals surface area contributed by atoms with E-state index >= 15 is 0 Å². The lowest BCUT2D eigenvalue weighted by Crippen LogP contribution is -2.27. The molecule has 3 rings (SSSR count). The quantitative estimate of drug-likeness (QED) is 0.269. The van der Waals surface area contributed by atoms with Gasteiger partial charge in [-0.15, -0.1) is 0 Å². The molecule has 0 bridgehead atoms. The molecule has 0 spiro atoms. The highest BCUT2D eigenvalue weighted by molar-refractivity contribution is 6.08. The smallest absolute Gasteiger partial charge is 0.412 e. The third kappa shape index (κ3) is 6.59. The molecule has 0 unspecified atom stereocenters. The van der Waals surface area contributed by atoms with Gasteiger partial charge in [-0.25, -0.2) is 4.79 Å². The summed E-state index contributed by atoms with van der Waals surface area (Å²) in [6.45, 7) is 5.31. The maximum atomic E-state index is 12.7. The fourth-order valence-corrected chi connectivity index (χ4v) is 3.14. The van der Waals surface area contributed by atoms with Crippen LogP contribution in [0.5, 0.6) is 0 Å². The number of amides is 2. The number of carbonyl (C=O) groups is 3. The minimum Gasteiger partial charge on any atom is -0.444 e. The molecule has 1 aromatic heterocycles. The van der Waals surface area contributed by atoms with Crippen LogP contribution in [0.4, 0.5) is 21.9 Å². The molecule has 4 N–H and O–H groups in total. The molecule has 0 aliphatic rings. The van der Waals surface area contributed by atoms with Crippen molar-refractivity contribution in [3.8, 4) is 0 Å². The van der Waals surface area contributed by atoms with Crippen LogP contribution in [0, 0.1) is 0 Å². The normalized spacial score (nSPS) is 11.3. The summed E-state index contributed by atoms with van der Waals surface area (Å²) in [5, 5.41) is 5.41. The average Bonchev–Trinajstić information content (AvgIpc) is 3.13. The fraction of sp³-hybridized carbons (Fsp3) is 0.192. The van der Waals surface area contributed by atoms with Crippen LogP contribution in [0.3, 0.4) is 0 Å². The van der Waals surface area contributed by atoms with Gasteiger partial charge >= 0.3 is 6.09 Å². The number of nitrogens with zero attached hydrogens (tertiary/aromatic N) is 1. The van der Waals surface area contributed by atoms with E-state index in [4.69, 9.17) is 10.5 Å². The predicted molar refractivity (Wildman–Crippen MR) is 134 cm³/mol. The Kier molecular flexibility index (Phi) is 7.21. The summed E-state index contributed by atoms with van der Waals surface area (Å²) in [6, 6.07) is 15.3. The van der Waals surface area contributed by atoms with Crippen molar-refractivity contribution >= 4 is 40.9 Å². The first-order valence-electron chi connectivity index (χ1n) is 10.7. The van der Waals surface area contributed by atoms with Crippen LogP contribution < -0.4 is 16.4 Å². The number of nitrogens with one attached hydrogen (secondary N) is 2. The molecule has 0 atom stereocenters. The Bertz CT molecular complexity index is 1250. The van der Waals surface area contributed by atoms with Gasteiger partial charge in [-0.05, 0) is 68.8 Å². The maximum absolute atomic E-state index is 12.7. The van der Waals surface area contributed by atoms with Gasteiger partial charge in [0.25, 0.3) is 5.91 Å². The Balaban J connectivity index is 1.68. The van der Waals surface area contributed by atoms with E-state index in [1.165, 1.54) is 6.08 Å². The molecule has 2 amide bonds. The number of anilines is 3. The molecule has 0 saturated carbocycles. The summed E-state index contributed by atoms with van der Waals surface area (Å²) >= 11 is 0. The van der Waals surface area contributed by atoms with Crippen LogP contribution in [-0.4, -0.2) is 28.0 Å². The second-order valence-electron chi connectivity index (χ2n) is 8.72. The van der Waals surface area contributed by atoms with Crippen molar-refractivity contribution in [1.29, 1.82) is 0 Å². The molecule has 8 nitrogen and oxygen atoms in total. The number of ether oxygens (including phenoxy) is 1. The SMILES string of the molecule is Cn1cc(/C=C/C(=O)c2cccc(NC(=O)OC(C)(C)C)c2)cc1C(=O)Nc1ccccc1N. The molecular weight excluding hydrogens is 432 g/mol. The summed E-state index contributed by atoms with van der Waals surface area (Å²) in [5.41, 5.74) is 8.22. The van der Waals surface area contributed by atoms with Gasteiger partial charge in [0.15, 0.2) is 5.78 Å². The van der Waals surface area contributed by atoms with E-state index < -0.39 is 11.7 Å². The number of allylic oxidation sites excluding steroid dienone is 1. The summed E-state index contributed by atoms with van der Waals surface area (Å²) in [6.07, 6.45) is 4.19. The summed E-state index contributed by atoms with van der Waals surface area (Å²) < 4.78 is 6.90. The first-order valence-corrected chi connectivity index (χ1v) is 10.7. The van der Waals surface area contributed by atoms with Gasteiger partial charge in [0.05, 0.1) is 11.4 Å². The second kappa shape index (κ2) is 10.1. The Morgan fingerprint density at radius 1 is 1.00 bits per heavy atom. The number of nitrogen functional groups attached to an aromatic ring is 1. The Hall–Kier alpha value is -4.33. The highest BCUT2D eigenvalue weighted by atomic mass is 16.6. The molecule has 34 heavy (non-hydrogen) atoms. The number of benzene rings is 2. The largest absolute Gasteiger partial charge is 0.444 e. The molecule has 0 fully saturated rings. The van der Waals surface area contributed by atoms with Crippen molar-refractivity contribution in [3.63, 3.8) is 0 Å². The standard InChI is InChI=1S/C26H28N4O4/c1-26(2,3)34-25(33)28-19-9-7-8-18(15-19)23(31)13-12-17-14-22(30(4)16-17)24(32)29-21-11-6-5-10-20(21)27/h5-16H,27H2,1-4H3,(H,28,33)(H,29,32)/b13-12+. The number of hydrogen-bond donors (Lipinski definition) is 3. The van der Waals surface area contributed by atoms with Crippen LogP contribution in [0.15, 0.2) is 66.9 Å². The number of ketones is 1. The zero-order valence-corrected chi connectivity index (χ0v) is 19.6. The van der Waals surface area contributed by atoms with Crippen LogP contribution >= 0.6 is 0 Å². The number of para-hydroxylation sites is 2. The van der Waals surface area contributed by atoms with Crippen molar-refractivity contribution in [3.05, 3.63) is 83.7 Å². The monoisotopic (exact) mass is 460 g/mol. The van der Waals surface area contributed by atoms with Gasteiger partial charge in [0, 0.05) is 24.5 Å². The minimum atomic E-state index is -0.626. The van der Waals surface area contributed by atoms with E-state index in [1.807, 2.05) is 0 Å². The molecule has 0 saturated heterocycles. The number of nitrogens with two attached hydrogens (primary N) is 1. The molecular formula is C26H28N4O4. The highest BCUT2D eigenvalue weighted by Crippen LogP contribution is 2.19. The van der Waals surface area contributed by atoms with E-state index in [2.05, 4.69) is 10.6 Å². The summed E-state index contributed by atoms with van der Waals surface area (Å²) in [5.74, 6) is -0.563. The Labute approximate surface area is 198 Å². The van der Waals surface area contributed by atoms with E-state index in [9.17, 15) is 14.4 Å². The first kappa shape index (κ1) is 24.3. The van der Waals surface area contributed by atoms with E-state index in [-0.39, 0.29) is 11.7 Å². The lowest BCUT2D eigenvalue weighted by atomic mass is 10.1. The lowest BCUT2D eigenvalue weighted by molar-refractivity contribution is 0.0635. The van der Waals surface area contributed by atoms with Crippen molar-refractivity contribution in [1.82, 2.24) is 4.57 Å². The third-order valence-electron chi connectivity index (χ3n) is 4.69. The number of rotatable bonds is 6. The predicted octanol–water partition coefficient (Wildman–Crippen LogP) is 5.10. The zero-order valence-electron chi connectivity index (χ0n) is 19.6. The van der Waals surface area contributed by atoms with Crippen molar-refractivity contribution in [2.75, 3.05) is 16.4 Å². The zero-order chi connectivity index (χ0) is 24.9. The number of hydrogen-bond acceptors (Lipinski definition) is 5. The van der Waals surface area contributed by atoms with Gasteiger partial charge in [0.2, 0.25) is 0 Å². The number of carbonyl (C=O) groups excluding carboxylic acids is 3. The molecule has 176 valence electrons. The van der Waals surface area contributed by atoms with Crippen molar-refractivity contribution in [2.45, 2.75) is 26.4 Å². The second-order valence-corrected chi connectivity index (χ2v) is 8.72. The first-order chi connectivity index (χ1) is 16.0. The van der Waals surface area contributed by atoms with Gasteiger partial charge < -0.3 is 20.4 Å². The molecule has 8 heteroatoms. The number of aromatic nitrogens is 1. The third-order valence-corrected chi connectivity index (χ3v) is 4.69. The van der Waals surface area contributed by atoms with Crippen LogP contribution in [0.25, 0.3) is 6.08 Å². The molecule has 1 heterocycles. The lowest BCUT2D eigenvalue weighted by Gasteiger charge is -2.19. The highest BCUT2D eigenvalue weighted by Gasteiger charge is 2.17. The average molecular weight is 461 g/mol. The molecule has 0 aliphatic carbocycles. The summed E-state index contributed by atoms with van der Waals surface area (Å²) in [7, 11) is 1.74. The van der Waals surface area contributed by atoms with E-state index in [0.29, 0.717) is 33.9 Å². The Morgan fingerprint density at radius 3 is 2.44 bits per heavy atom. The topological polar surface area (TPSA) is 115 Å². The van der Waals surface area contributed by atoms with Crippen molar-refractivity contribution in [2.24, 2.45) is 7.05 Å². The number of aryl methyl sites for hydroxylation is 1. The summed E-state index contributed by atoms with van der Waals surface area (Å²) in [4.78, 5) is 37.3. The van der Waals surface area contributed by atoms with Gasteiger partial charge in [-0.3, -0.25) is 14.9 Å². The van der Waals surface area contributed by atoms with Crippen LogP contribution in [0.1, 0.15) is 47.2 Å². The van der Waals surface area contributed by atoms with E-state index in [0.717, 1.165) is 0 Å². The minimum absolute atomic E-state index is 0.250. The maximum Gasteiger partial charge on any atom is 0.412 e. The van der Waals surface area contributed by atoms with Crippen LogP contribution in [0.2, 0.25) is 0 Å². The van der Waals surface area contributed by atoms with Gasteiger partial charge in [-0.2, -0.15) is 0 Å². The van der Waals surface area contributed by atoms with E-state index in [1.54, 1.807) is 99.3 Å². The van der Waals surface area contributed by atoms with Crippen LogP contribution in [-0.2, 0) is 11.8 Å². The van der Waals surface area contributed by atoms with Crippen molar-refractivity contribution < 1.29 is 19.1 Å². The molecule has 2 aromatic carbocycles. The van der Waals surface area contributed by atoms with Gasteiger partial charge in [0.1, 0.15) is 11.3 Å². The fourth-order valence-electron chi connectivity index (χ4n) is 3.14. The Morgan fingerprint density at radius 2 is 1.74 bits per heavy atom. The molecule has 0 aliphatic heterocycles.